The summed E-state index contributed by atoms with van der Waals surface area (Å²) in [5.74, 6) is -0.234. The molecule has 0 aliphatic carbocycles. The van der Waals surface area contributed by atoms with Gasteiger partial charge in [-0.05, 0) is 18.2 Å². The molecule has 4 nitrogen and oxygen atoms in total. The highest BCUT2D eigenvalue weighted by Gasteiger charge is 2.08. The topological polar surface area (TPSA) is 44.1 Å². The first-order chi connectivity index (χ1) is 9.56. The molecule has 1 aromatic heterocycles. The van der Waals surface area contributed by atoms with Crippen LogP contribution in [0.5, 0.6) is 5.75 Å². The average Bonchev–Trinajstić information content (AvgIpc) is 2.83. The molecule has 0 radical (unpaired) electrons. The number of alkyl halides is 2. The van der Waals surface area contributed by atoms with Gasteiger partial charge in [0.25, 0.3) is 0 Å². The van der Waals surface area contributed by atoms with E-state index in [0.717, 1.165) is 0 Å². The number of benzene rings is 1. The van der Waals surface area contributed by atoms with E-state index in [0.29, 0.717) is 11.1 Å². The number of rotatable bonds is 5. The smallest absolute Gasteiger partial charge is 0.387 e. The molecule has 20 heavy (non-hydrogen) atoms. The Bertz CT molecular complexity index is 636. The van der Waals surface area contributed by atoms with Crippen molar-refractivity contribution in [2.45, 2.75) is 6.61 Å². The fourth-order valence-corrected chi connectivity index (χ4v) is 1.63. The van der Waals surface area contributed by atoms with E-state index in [-0.39, 0.29) is 11.5 Å². The van der Waals surface area contributed by atoms with Crippen molar-refractivity contribution in [2.75, 3.05) is 0 Å². The number of hydrogen-bond acceptors (Lipinski definition) is 3. The predicted molar refractivity (Wildman–Crippen MR) is 69.6 cm³/mol. The van der Waals surface area contributed by atoms with Crippen molar-refractivity contribution in [1.29, 1.82) is 0 Å². The Morgan fingerprint density at radius 3 is 2.80 bits per heavy atom. The summed E-state index contributed by atoms with van der Waals surface area (Å²) in [6.07, 6.45) is 5.75. The van der Waals surface area contributed by atoms with Crippen molar-refractivity contribution in [2.24, 2.45) is 7.05 Å². The zero-order chi connectivity index (χ0) is 14.5. The van der Waals surface area contributed by atoms with Crippen LogP contribution in [0.3, 0.4) is 0 Å². The number of para-hydroxylation sites is 1. The highest BCUT2D eigenvalue weighted by atomic mass is 19.3. The molecule has 0 saturated carbocycles. The van der Waals surface area contributed by atoms with Crippen molar-refractivity contribution < 1.29 is 18.3 Å². The second-order valence-electron chi connectivity index (χ2n) is 4.02. The van der Waals surface area contributed by atoms with Crippen LogP contribution in [0.15, 0.2) is 42.7 Å². The third kappa shape index (κ3) is 3.50. The molecule has 0 atom stereocenters. The minimum Gasteiger partial charge on any atom is -0.434 e. The summed E-state index contributed by atoms with van der Waals surface area (Å²) in [6.45, 7) is -2.90. The molecule has 1 aromatic carbocycles. The van der Waals surface area contributed by atoms with Crippen LogP contribution in [0.25, 0.3) is 6.08 Å². The zero-order valence-electron chi connectivity index (χ0n) is 10.7. The molecule has 6 heteroatoms. The lowest BCUT2D eigenvalue weighted by Gasteiger charge is -2.06. The third-order valence-electron chi connectivity index (χ3n) is 2.54. The number of aromatic nitrogens is 2. The molecule has 0 bridgehead atoms. The van der Waals surface area contributed by atoms with Crippen LogP contribution in [0.4, 0.5) is 8.78 Å². The highest BCUT2D eigenvalue weighted by molar-refractivity contribution is 6.06. The van der Waals surface area contributed by atoms with Crippen molar-refractivity contribution in [3.05, 3.63) is 53.9 Å². The fraction of sp³-hybridized carbons (Fsp3) is 0.143. The van der Waals surface area contributed by atoms with Crippen molar-refractivity contribution in [1.82, 2.24) is 9.78 Å². The first-order valence-corrected chi connectivity index (χ1v) is 5.81. The second kappa shape index (κ2) is 6.10. The van der Waals surface area contributed by atoms with Crippen LogP contribution in [-0.4, -0.2) is 22.2 Å². The number of nitrogens with zero attached hydrogens (tertiary/aromatic N) is 2. The maximum atomic E-state index is 12.2. The molecular formula is C14H12F2N2O2. The van der Waals surface area contributed by atoms with Gasteiger partial charge in [0, 0.05) is 18.8 Å². The normalized spacial score (nSPS) is 11.2. The van der Waals surface area contributed by atoms with E-state index >= 15 is 0 Å². The molecule has 0 fully saturated rings. The average molecular weight is 278 g/mol. The molecule has 0 saturated heterocycles. The van der Waals surface area contributed by atoms with Crippen LogP contribution >= 0.6 is 0 Å². The van der Waals surface area contributed by atoms with Gasteiger partial charge in [-0.1, -0.05) is 18.2 Å². The summed E-state index contributed by atoms with van der Waals surface area (Å²) >= 11 is 0. The number of ketones is 1. The number of carbonyl (C=O) groups is 1. The molecule has 2 aromatic rings. The van der Waals surface area contributed by atoms with E-state index < -0.39 is 6.61 Å². The van der Waals surface area contributed by atoms with Crippen molar-refractivity contribution in [3.8, 4) is 5.75 Å². The Morgan fingerprint density at radius 1 is 1.40 bits per heavy atom. The quantitative estimate of drug-likeness (QED) is 0.624. The van der Waals surface area contributed by atoms with Crippen LogP contribution in [0.2, 0.25) is 0 Å². The van der Waals surface area contributed by atoms with Gasteiger partial charge in [0.15, 0.2) is 5.78 Å². The molecule has 0 amide bonds. The van der Waals surface area contributed by atoms with Gasteiger partial charge in [0.1, 0.15) is 5.75 Å². The van der Waals surface area contributed by atoms with E-state index in [2.05, 4.69) is 9.84 Å². The maximum Gasteiger partial charge on any atom is 0.387 e. The van der Waals surface area contributed by atoms with E-state index in [1.165, 1.54) is 29.1 Å². The number of aryl methyl sites for hydroxylation is 1. The lowest BCUT2D eigenvalue weighted by atomic mass is 10.1. The van der Waals surface area contributed by atoms with Gasteiger partial charge in [-0.3, -0.25) is 9.48 Å². The summed E-state index contributed by atoms with van der Waals surface area (Å²) in [4.78, 5) is 11.8. The second-order valence-corrected chi connectivity index (χ2v) is 4.02. The van der Waals surface area contributed by atoms with Gasteiger partial charge in [0.2, 0.25) is 0 Å². The first kappa shape index (κ1) is 13.9. The van der Waals surface area contributed by atoms with Crippen molar-refractivity contribution >= 4 is 11.9 Å². The van der Waals surface area contributed by atoms with Gasteiger partial charge < -0.3 is 4.74 Å². The minimum absolute atomic E-state index is 0.0257. The molecule has 0 N–H and O–H groups in total. The zero-order valence-corrected chi connectivity index (χ0v) is 10.7. The maximum absolute atomic E-state index is 12.2. The number of ether oxygens (including phenoxy) is 1. The Balaban J connectivity index is 2.17. The summed E-state index contributed by atoms with van der Waals surface area (Å²) in [6, 6.07) is 6.26. The van der Waals surface area contributed by atoms with Crippen LogP contribution in [0.1, 0.15) is 15.9 Å². The van der Waals surface area contributed by atoms with Gasteiger partial charge in [-0.2, -0.15) is 13.9 Å². The molecule has 0 unspecified atom stereocenters. The summed E-state index contributed by atoms with van der Waals surface area (Å²) in [5.41, 5.74) is 0.834. The number of allylic oxidation sites excluding steroid dienone is 1. The summed E-state index contributed by atoms with van der Waals surface area (Å²) in [5, 5.41) is 3.89. The van der Waals surface area contributed by atoms with Gasteiger partial charge in [-0.15, -0.1) is 0 Å². The van der Waals surface area contributed by atoms with Gasteiger partial charge in [-0.25, -0.2) is 0 Å². The predicted octanol–water partition coefficient (Wildman–Crippen LogP) is 2.92. The lowest BCUT2D eigenvalue weighted by Crippen LogP contribution is -2.03. The Morgan fingerprint density at radius 2 is 2.15 bits per heavy atom. The molecule has 2 rings (SSSR count). The first-order valence-electron chi connectivity index (χ1n) is 5.81. The SMILES string of the molecule is Cn1cc(C(=O)C=Cc2ccccc2OC(F)F)cn1. The molecule has 0 spiro atoms. The molecular weight excluding hydrogens is 266 g/mol. The Kier molecular flexibility index (Phi) is 4.24. The van der Waals surface area contributed by atoms with Crippen LogP contribution in [0, 0.1) is 0 Å². The van der Waals surface area contributed by atoms with E-state index in [1.54, 1.807) is 31.4 Å². The van der Waals surface area contributed by atoms with Gasteiger partial charge >= 0.3 is 6.61 Å². The molecule has 1 heterocycles. The Hall–Kier alpha value is -2.50. The molecule has 0 aliphatic rings. The van der Waals surface area contributed by atoms with Crippen LogP contribution < -0.4 is 4.74 Å². The molecule has 104 valence electrons. The number of halogens is 2. The summed E-state index contributed by atoms with van der Waals surface area (Å²) in [7, 11) is 1.70. The number of carbonyl (C=O) groups excluding carboxylic acids is 1. The number of hydrogen-bond donors (Lipinski definition) is 0. The largest absolute Gasteiger partial charge is 0.434 e. The minimum atomic E-state index is -2.90. The monoisotopic (exact) mass is 278 g/mol. The van der Waals surface area contributed by atoms with E-state index in [9.17, 15) is 13.6 Å². The lowest BCUT2D eigenvalue weighted by molar-refractivity contribution is -0.0499. The van der Waals surface area contributed by atoms with Gasteiger partial charge in [0.05, 0.1) is 11.8 Å². The van der Waals surface area contributed by atoms with E-state index in [4.69, 9.17) is 0 Å². The fourth-order valence-electron chi connectivity index (χ4n) is 1.63. The standard InChI is InChI=1S/C14H12F2N2O2/c1-18-9-11(8-17-18)12(19)7-6-10-4-2-3-5-13(10)20-14(15)16/h2-9,14H,1H3. The van der Waals surface area contributed by atoms with E-state index in [1.807, 2.05) is 0 Å². The van der Waals surface area contributed by atoms with Crippen molar-refractivity contribution in [3.63, 3.8) is 0 Å². The third-order valence-corrected chi connectivity index (χ3v) is 2.54. The van der Waals surface area contributed by atoms with Crippen LogP contribution in [-0.2, 0) is 7.05 Å². The highest BCUT2D eigenvalue weighted by Crippen LogP contribution is 2.21. The summed E-state index contributed by atoms with van der Waals surface area (Å²) < 4.78 is 30.4. The molecule has 0 aliphatic heterocycles. The Labute approximate surface area is 114 Å².